The number of carbonyl (C=O) groups is 3. The van der Waals surface area contributed by atoms with Crippen LogP contribution in [0.5, 0.6) is 0 Å². The van der Waals surface area contributed by atoms with Gasteiger partial charge in [-0.15, -0.1) is 11.3 Å². The number of thiazole rings is 1. The molecule has 3 amide bonds. The first-order valence-corrected chi connectivity index (χ1v) is 14.2. The molecule has 1 aliphatic rings. The Morgan fingerprint density at radius 3 is 2.78 bits per heavy atom. The lowest BCUT2D eigenvalue weighted by molar-refractivity contribution is -0.122. The standard InChI is InChI=1S/C28H27ClN8O3S/c1-32-26(39)18(8-14-10-33-19-5-3-2-4-17(14)19)24-23(25(31)38)35-27(41-24)21-9-16(30)12-37(21)28(40)20-13-36-11-15(29)6-7-22(36)34-20/h2-7,10-11,13,16,18,21,33H,8-9,12,30H2,1H3,(H2,31,38)(H,32,39)/t16-,18-,21+/m1/s1. The molecule has 1 aliphatic heterocycles. The Bertz CT molecular complexity index is 1810. The lowest BCUT2D eigenvalue weighted by atomic mass is 9.95. The molecule has 1 aromatic carbocycles. The number of nitrogens with zero attached hydrogens (tertiary/aromatic N) is 4. The molecule has 1 saturated heterocycles. The van der Waals surface area contributed by atoms with E-state index < -0.39 is 17.9 Å². The van der Waals surface area contributed by atoms with Crippen LogP contribution in [-0.4, -0.2) is 61.6 Å². The van der Waals surface area contributed by atoms with Gasteiger partial charge in [0, 0.05) is 49.1 Å². The number of hydrogen-bond donors (Lipinski definition) is 4. The fourth-order valence-corrected chi connectivity index (χ4v) is 6.91. The van der Waals surface area contributed by atoms with Crippen LogP contribution in [0.4, 0.5) is 0 Å². The number of likely N-dealkylation sites (N-methyl/N-ethyl adjacent to an activating group) is 1. The molecule has 210 valence electrons. The first-order valence-electron chi connectivity index (χ1n) is 13.0. The molecule has 0 unspecified atom stereocenters. The number of aromatic amines is 1. The van der Waals surface area contributed by atoms with Gasteiger partial charge in [-0.2, -0.15) is 0 Å². The number of nitrogens with two attached hydrogens (primary N) is 2. The number of benzene rings is 1. The second kappa shape index (κ2) is 10.6. The maximum atomic E-state index is 13.7. The summed E-state index contributed by atoms with van der Waals surface area (Å²) in [5.74, 6) is -2.06. The highest BCUT2D eigenvalue weighted by atomic mass is 35.5. The van der Waals surface area contributed by atoms with E-state index in [0.29, 0.717) is 33.4 Å². The van der Waals surface area contributed by atoms with Crippen molar-refractivity contribution >= 4 is 57.2 Å². The van der Waals surface area contributed by atoms with Gasteiger partial charge in [-0.05, 0) is 36.6 Å². The van der Waals surface area contributed by atoms with Crippen molar-refractivity contribution < 1.29 is 14.4 Å². The smallest absolute Gasteiger partial charge is 0.274 e. The minimum absolute atomic E-state index is 0.0219. The molecule has 3 atom stereocenters. The maximum Gasteiger partial charge on any atom is 0.274 e. The minimum atomic E-state index is -0.743. The molecule has 5 aromatic rings. The number of imidazole rings is 1. The van der Waals surface area contributed by atoms with E-state index in [1.165, 1.54) is 11.3 Å². The fourth-order valence-electron chi connectivity index (χ4n) is 5.45. The molecule has 0 saturated carbocycles. The molecule has 6 rings (SSSR count). The van der Waals surface area contributed by atoms with Gasteiger partial charge in [0.05, 0.1) is 21.9 Å². The van der Waals surface area contributed by atoms with Crippen molar-refractivity contribution in [2.24, 2.45) is 11.5 Å². The Morgan fingerprint density at radius 2 is 2.00 bits per heavy atom. The van der Waals surface area contributed by atoms with Crippen molar-refractivity contribution in [1.29, 1.82) is 0 Å². The van der Waals surface area contributed by atoms with Crippen LogP contribution in [0.2, 0.25) is 5.02 Å². The van der Waals surface area contributed by atoms with Crippen LogP contribution in [0.25, 0.3) is 16.6 Å². The number of H-pyrrole nitrogens is 1. The van der Waals surface area contributed by atoms with E-state index in [0.717, 1.165) is 16.5 Å². The van der Waals surface area contributed by atoms with E-state index in [1.807, 2.05) is 30.5 Å². The summed E-state index contributed by atoms with van der Waals surface area (Å²) in [5, 5.41) is 4.71. The number of halogens is 1. The average Bonchev–Trinajstić information content (AvgIpc) is 3.75. The van der Waals surface area contributed by atoms with Crippen molar-refractivity contribution in [2.45, 2.75) is 30.8 Å². The van der Waals surface area contributed by atoms with E-state index in [-0.39, 0.29) is 35.8 Å². The van der Waals surface area contributed by atoms with Crippen LogP contribution in [0.3, 0.4) is 0 Å². The maximum absolute atomic E-state index is 13.7. The summed E-state index contributed by atoms with van der Waals surface area (Å²) < 4.78 is 1.69. The number of fused-ring (bicyclic) bond motifs is 2. The van der Waals surface area contributed by atoms with Crippen molar-refractivity contribution in [2.75, 3.05) is 13.6 Å². The van der Waals surface area contributed by atoms with Gasteiger partial charge >= 0.3 is 0 Å². The summed E-state index contributed by atoms with van der Waals surface area (Å²) in [6, 6.07) is 10.4. The molecule has 41 heavy (non-hydrogen) atoms. The normalized spacial score (nSPS) is 17.8. The van der Waals surface area contributed by atoms with Gasteiger partial charge in [0.15, 0.2) is 0 Å². The fraction of sp³-hybridized carbons (Fsp3) is 0.250. The summed E-state index contributed by atoms with van der Waals surface area (Å²) >= 11 is 7.31. The Hall–Kier alpha value is -4.26. The Morgan fingerprint density at radius 1 is 1.20 bits per heavy atom. The van der Waals surface area contributed by atoms with Crippen LogP contribution >= 0.6 is 22.9 Å². The number of aromatic nitrogens is 4. The highest BCUT2D eigenvalue weighted by Crippen LogP contribution is 2.39. The largest absolute Gasteiger partial charge is 0.364 e. The zero-order chi connectivity index (χ0) is 28.8. The predicted octanol–water partition coefficient (Wildman–Crippen LogP) is 3.01. The zero-order valence-corrected chi connectivity index (χ0v) is 23.6. The Labute approximate surface area is 243 Å². The quantitative estimate of drug-likeness (QED) is 0.227. The number of amides is 3. The molecule has 6 N–H and O–H groups in total. The van der Waals surface area contributed by atoms with Crippen molar-refractivity contribution in [3.05, 3.63) is 86.8 Å². The molecule has 5 heterocycles. The number of para-hydroxylation sites is 1. The van der Waals surface area contributed by atoms with Crippen LogP contribution in [0, 0.1) is 0 Å². The van der Waals surface area contributed by atoms with Crippen molar-refractivity contribution in [1.82, 2.24) is 29.6 Å². The lowest BCUT2D eigenvalue weighted by Gasteiger charge is -2.22. The van der Waals surface area contributed by atoms with Gasteiger partial charge in [0.25, 0.3) is 11.8 Å². The first kappa shape index (κ1) is 26.9. The van der Waals surface area contributed by atoms with E-state index in [1.54, 1.807) is 40.9 Å². The molecule has 0 aliphatic carbocycles. The molecule has 11 nitrogen and oxygen atoms in total. The van der Waals surface area contributed by atoms with Gasteiger partial charge in [-0.3, -0.25) is 14.4 Å². The molecule has 4 aromatic heterocycles. The third-order valence-corrected chi connectivity index (χ3v) is 8.89. The summed E-state index contributed by atoms with van der Waals surface area (Å²) in [7, 11) is 1.55. The third-order valence-electron chi connectivity index (χ3n) is 7.40. The first-order chi connectivity index (χ1) is 19.7. The SMILES string of the molecule is CNC(=O)[C@H](Cc1c[nH]c2ccccc12)c1sc([C@@H]2C[C@@H](N)CN2C(=O)c2cn3cc(Cl)ccc3n2)nc1C(N)=O. The van der Waals surface area contributed by atoms with Crippen LogP contribution in [0.1, 0.15) is 54.8 Å². The molecule has 13 heteroatoms. The minimum Gasteiger partial charge on any atom is -0.364 e. The second-order valence-electron chi connectivity index (χ2n) is 10.1. The second-order valence-corrected chi connectivity index (χ2v) is 11.6. The number of likely N-dealkylation sites (tertiary alicyclic amines) is 1. The van der Waals surface area contributed by atoms with E-state index >= 15 is 0 Å². The van der Waals surface area contributed by atoms with Gasteiger partial charge in [-0.1, -0.05) is 29.8 Å². The van der Waals surface area contributed by atoms with Gasteiger partial charge in [0.1, 0.15) is 22.0 Å². The Balaban J connectivity index is 1.37. The summed E-state index contributed by atoms with van der Waals surface area (Å²) in [5.41, 5.74) is 14.8. The number of primary amides is 1. The van der Waals surface area contributed by atoms with Crippen LogP contribution in [0.15, 0.2) is 55.0 Å². The molecule has 0 bridgehead atoms. The number of carbonyl (C=O) groups excluding carboxylic acids is 3. The number of pyridine rings is 1. The number of rotatable bonds is 7. The highest BCUT2D eigenvalue weighted by Gasteiger charge is 2.40. The zero-order valence-electron chi connectivity index (χ0n) is 22.0. The van der Waals surface area contributed by atoms with Crippen molar-refractivity contribution in [3.8, 4) is 0 Å². The molecule has 0 spiro atoms. The average molecular weight is 591 g/mol. The monoisotopic (exact) mass is 590 g/mol. The van der Waals surface area contributed by atoms with E-state index in [2.05, 4.69) is 20.3 Å². The van der Waals surface area contributed by atoms with Crippen LogP contribution in [-0.2, 0) is 11.2 Å². The highest BCUT2D eigenvalue weighted by molar-refractivity contribution is 7.12. The van der Waals surface area contributed by atoms with E-state index in [9.17, 15) is 14.4 Å². The summed E-state index contributed by atoms with van der Waals surface area (Å²) in [6.07, 6.45) is 5.92. The molecular formula is C28H27ClN8O3S. The number of hydrogen-bond acceptors (Lipinski definition) is 7. The van der Waals surface area contributed by atoms with Gasteiger partial charge in [-0.25, -0.2) is 9.97 Å². The van der Waals surface area contributed by atoms with Crippen LogP contribution < -0.4 is 16.8 Å². The van der Waals surface area contributed by atoms with E-state index in [4.69, 9.17) is 23.1 Å². The van der Waals surface area contributed by atoms with Gasteiger partial charge in [0.2, 0.25) is 5.91 Å². The molecular weight excluding hydrogens is 564 g/mol. The summed E-state index contributed by atoms with van der Waals surface area (Å²) in [4.78, 5) is 53.8. The number of nitrogens with one attached hydrogen (secondary N) is 2. The molecule has 1 fully saturated rings. The topological polar surface area (TPSA) is 164 Å². The summed E-state index contributed by atoms with van der Waals surface area (Å²) in [6.45, 7) is 0.285. The Kier molecular flexibility index (Phi) is 6.98. The third kappa shape index (κ3) is 4.94. The predicted molar refractivity (Wildman–Crippen MR) is 156 cm³/mol. The van der Waals surface area contributed by atoms with Crippen molar-refractivity contribution in [3.63, 3.8) is 0 Å². The van der Waals surface area contributed by atoms with Gasteiger partial charge < -0.3 is 31.1 Å². The lowest BCUT2D eigenvalue weighted by Crippen LogP contribution is -2.33. The molecule has 0 radical (unpaired) electrons.